The molecule has 3 rings (SSSR count). The molecule has 33 heavy (non-hydrogen) atoms. The highest BCUT2D eigenvalue weighted by atomic mass is 32.2. The highest BCUT2D eigenvalue weighted by molar-refractivity contribution is 7.89. The molecule has 176 valence electrons. The molecule has 0 spiro atoms. The van der Waals surface area contributed by atoms with Crippen molar-refractivity contribution >= 4 is 33.7 Å². The molecule has 9 nitrogen and oxygen atoms in total. The number of nitrogens with zero attached hydrogens (tertiary/aromatic N) is 1. The first-order valence-corrected chi connectivity index (χ1v) is 11.8. The molecule has 1 amide bonds. The highest BCUT2D eigenvalue weighted by Crippen LogP contribution is 2.32. The molecule has 0 aliphatic carbocycles. The zero-order valence-electron chi connectivity index (χ0n) is 18.7. The molecule has 0 saturated heterocycles. The number of nitrogens with one attached hydrogen (secondary N) is 1. The highest BCUT2D eigenvalue weighted by Gasteiger charge is 2.24. The molecule has 2 aromatic carbocycles. The first-order valence-electron chi connectivity index (χ1n) is 10.4. The smallest absolute Gasteiger partial charge is 0.331 e. The number of rotatable bonds is 9. The Labute approximate surface area is 193 Å². The summed E-state index contributed by atoms with van der Waals surface area (Å²) in [6.45, 7) is 5.53. The average molecular weight is 475 g/mol. The Morgan fingerprint density at radius 2 is 1.82 bits per heavy atom. The molecule has 0 fully saturated rings. The van der Waals surface area contributed by atoms with E-state index in [1.807, 2.05) is 0 Å². The SMILES string of the molecule is CCN(CC)S(=O)(=O)c1cc(NC(=O)COC(=O)/C=C/c2ccc3c(c2)OCO3)ccc1C. The van der Waals surface area contributed by atoms with Crippen LogP contribution in [-0.4, -0.2) is 51.1 Å². The van der Waals surface area contributed by atoms with Gasteiger partial charge in [0.2, 0.25) is 16.8 Å². The maximum absolute atomic E-state index is 12.8. The third kappa shape index (κ3) is 5.91. The number of anilines is 1. The topological polar surface area (TPSA) is 111 Å². The van der Waals surface area contributed by atoms with Gasteiger partial charge in [0.25, 0.3) is 5.91 Å². The lowest BCUT2D eigenvalue weighted by Gasteiger charge is -2.20. The Morgan fingerprint density at radius 3 is 2.55 bits per heavy atom. The first-order chi connectivity index (χ1) is 15.7. The number of ether oxygens (including phenoxy) is 3. The number of benzene rings is 2. The third-order valence-corrected chi connectivity index (χ3v) is 7.14. The second-order valence-corrected chi connectivity index (χ2v) is 9.08. The van der Waals surface area contributed by atoms with Crippen molar-refractivity contribution in [3.8, 4) is 11.5 Å². The quantitative estimate of drug-likeness (QED) is 0.439. The second-order valence-electron chi connectivity index (χ2n) is 7.17. The maximum atomic E-state index is 12.8. The van der Waals surface area contributed by atoms with Crippen molar-refractivity contribution in [2.45, 2.75) is 25.7 Å². The molecule has 1 N–H and O–H groups in total. The van der Waals surface area contributed by atoms with Crippen LogP contribution in [0.1, 0.15) is 25.0 Å². The fraction of sp³-hybridized carbons (Fsp3) is 0.304. The lowest BCUT2D eigenvalue weighted by atomic mass is 10.2. The predicted molar refractivity (Wildman–Crippen MR) is 122 cm³/mol. The summed E-state index contributed by atoms with van der Waals surface area (Å²) < 4.78 is 42.5. The Hall–Kier alpha value is -3.37. The van der Waals surface area contributed by atoms with Gasteiger partial charge in [-0.3, -0.25) is 4.79 Å². The van der Waals surface area contributed by atoms with Gasteiger partial charge in [-0.15, -0.1) is 0 Å². The van der Waals surface area contributed by atoms with Gasteiger partial charge in [-0.1, -0.05) is 26.0 Å². The van der Waals surface area contributed by atoms with Crippen LogP contribution in [0.25, 0.3) is 6.08 Å². The molecule has 0 unspecified atom stereocenters. The number of aryl methyl sites for hydroxylation is 1. The number of carbonyl (C=O) groups is 2. The van der Waals surface area contributed by atoms with Gasteiger partial charge in [0.05, 0.1) is 4.90 Å². The summed E-state index contributed by atoms with van der Waals surface area (Å²) in [5.74, 6) is -0.0627. The van der Waals surface area contributed by atoms with E-state index in [0.29, 0.717) is 41.4 Å². The number of carbonyl (C=O) groups excluding carboxylic acids is 2. The summed E-state index contributed by atoms with van der Waals surface area (Å²) in [4.78, 5) is 24.3. The van der Waals surface area contributed by atoms with Gasteiger partial charge in [0.1, 0.15) is 0 Å². The van der Waals surface area contributed by atoms with E-state index in [1.165, 1.54) is 22.5 Å². The van der Waals surface area contributed by atoms with Crippen LogP contribution in [0.4, 0.5) is 5.69 Å². The van der Waals surface area contributed by atoms with Gasteiger partial charge in [-0.05, 0) is 48.4 Å². The molecule has 1 heterocycles. The molecule has 2 aromatic rings. The van der Waals surface area contributed by atoms with Crippen LogP contribution < -0.4 is 14.8 Å². The van der Waals surface area contributed by atoms with Gasteiger partial charge < -0.3 is 19.5 Å². The summed E-state index contributed by atoms with van der Waals surface area (Å²) in [6, 6.07) is 9.83. The van der Waals surface area contributed by atoms with Crippen molar-refractivity contribution in [3.05, 3.63) is 53.6 Å². The molecule has 0 atom stereocenters. The molecule has 1 aliphatic rings. The molecule has 10 heteroatoms. The monoisotopic (exact) mass is 474 g/mol. The van der Waals surface area contributed by atoms with Crippen molar-refractivity contribution in [2.24, 2.45) is 0 Å². The van der Waals surface area contributed by atoms with E-state index >= 15 is 0 Å². The van der Waals surface area contributed by atoms with Crippen LogP contribution in [0.2, 0.25) is 0 Å². The van der Waals surface area contributed by atoms with Crippen LogP contribution in [0.3, 0.4) is 0 Å². The maximum Gasteiger partial charge on any atom is 0.331 e. The van der Waals surface area contributed by atoms with Crippen molar-refractivity contribution < 1.29 is 32.2 Å². The van der Waals surface area contributed by atoms with Gasteiger partial charge in [-0.2, -0.15) is 4.31 Å². The lowest BCUT2D eigenvalue weighted by molar-refractivity contribution is -0.142. The number of hydrogen-bond donors (Lipinski definition) is 1. The van der Waals surface area contributed by atoms with Crippen molar-refractivity contribution in [1.29, 1.82) is 0 Å². The standard InChI is InChI=1S/C23H26N2O7S/c1-4-25(5-2)33(28,29)21-13-18(9-6-16(21)3)24-22(26)14-30-23(27)11-8-17-7-10-19-20(12-17)32-15-31-19/h6-13H,4-5,14-15H2,1-3H3,(H,24,26)/b11-8+. The van der Waals surface area contributed by atoms with E-state index < -0.39 is 28.5 Å². The minimum atomic E-state index is -3.68. The molecular weight excluding hydrogens is 448 g/mol. The van der Waals surface area contributed by atoms with Gasteiger partial charge in [0.15, 0.2) is 18.1 Å². The van der Waals surface area contributed by atoms with E-state index in [1.54, 1.807) is 51.1 Å². The van der Waals surface area contributed by atoms with Gasteiger partial charge >= 0.3 is 5.97 Å². The molecule has 0 aromatic heterocycles. The fourth-order valence-corrected chi connectivity index (χ4v) is 4.93. The zero-order valence-corrected chi connectivity index (χ0v) is 19.5. The third-order valence-electron chi connectivity index (χ3n) is 4.95. The minimum Gasteiger partial charge on any atom is -0.454 e. The summed E-state index contributed by atoms with van der Waals surface area (Å²) in [5, 5.41) is 2.56. The Balaban J connectivity index is 1.58. The molecule has 0 radical (unpaired) electrons. The fourth-order valence-electron chi connectivity index (χ4n) is 3.22. The normalized spacial score (nSPS) is 12.8. The number of amides is 1. The Kier molecular flexibility index (Phi) is 7.72. The van der Waals surface area contributed by atoms with Crippen molar-refractivity contribution in [2.75, 3.05) is 31.8 Å². The molecular formula is C23H26N2O7S. The van der Waals surface area contributed by atoms with Crippen LogP contribution in [-0.2, 0) is 24.3 Å². The number of fused-ring (bicyclic) bond motifs is 1. The Bertz CT molecular complexity index is 1170. The number of sulfonamides is 1. The van der Waals surface area contributed by atoms with Crippen LogP contribution in [0.15, 0.2) is 47.4 Å². The molecule has 0 saturated carbocycles. The summed E-state index contributed by atoms with van der Waals surface area (Å²) in [7, 11) is -3.68. The minimum absolute atomic E-state index is 0.118. The summed E-state index contributed by atoms with van der Waals surface area (Å²) >= 11 is 0. The first kappa shape index (κ1) is 24.3. The van der Waals surface area contributed by atoms with Crippen molar-refractivity contribution in [3.63, 3.8) is 0 Å². The van der Waals surface area contributed by atoms with E-state index in [2.05, 4.69) is 5.32 Å². The van der Waals surface area contributed by atoms with E-state index in [9.17, 15) is 18.0 Å². The summed E-state index contributed by atoms with van der Waals surface area (Å²) in [5.41, 5.74) is 1.57. The average Bonchev–Trinajstić information content (AvgIpc) is 3.26. The van der Waals surface area contributed by atoms with E-state index in [4.69, 9.17) is 14.2 Å². The Morgan fingerprint density at radius 1 is 1.09 bits per heavy atom. The van der Waals surface area contributed by atoms with Crippen molar-refractivity contribution in [1.82, 2.24) is 4.31 Å². The van der Waals surface area contributed by atoms with Gasteiger partial charge in [0, 0.05) is 24.9 Å². The number of hydrogen-bond acceptors (Lipinski definition) is 7. The van der Waals surface area contributed by atoms with E-state index in [-0.39, 0.29) is 11.7 Å². The van der Waals surface area contributed by atoms with E-state index in [0.717, 1.165) is 0 Å². The largest absolute Gasteiger partial charge is 0.454 e. The predicted octanol–water partition coefficient (Wildman–Crippen LogP) is 2.95. The van der Waals surface area contributed by atoms with Crippen LogP contribution in [0, 0.1) is 6.92 Å². The van der Waals surface area contributed by atoms with Gasteiger partial charge in [-0.25, -0.2) is 13.2 Å². The zero-order chi connectivity index (χ0) is 24.0. The summed E-state index contributed by atoms with van der Waals surface area (Å²) in [6.07, 6.45) is 2.73. The molecule has 1 aliphatic heterocycles. The lowest BCUT2D eigenvalue weighted by Crippen LogP contribution is -2.31. The molecule has 0 bridgehead atoms. The number of esters is 1. The van der Waals surface area contributed by atoms with Crippen LogP contribution >= 0.6 is 0 Å². The van der Waals surface area contributed by atoms with Crippen LogP contribution in [0.5, 0.6) is 11.5 Å². The second kappa shape index (κ2) is 10.5.